The Hall–Kier alpha value is -1.27. The number of hydrogen-bond donors (Lipinski definition) is 0. The van der Waals surface area contributed by atoms with Crippen molar-refractivity contribution in [1.29, 1.82) is 0 Å². The first kappa shape index (κ1) is 28.7. The van der Waals surface area contributed by atoms with Crippen molar-refractivity contribution in [3.8, 4) is 0 Å². The second-order valence-electron chi connectivity index (χ2n) is 7.14. The molecule has 156 valence electrons. The first-order valence-electron chi connectivity index (χ1n) is 9.64. The predicted molar refractivity (Wildman–Crippen MR) is 119 cm³/mol. The SMILES string of the molecule is CC1=[C-]CC(c2ccccc2)=C1.CC1=[C-]CC(c2ccccc2)=C1.C[C](C)=[Zr+2].[Cl-].[Cl-]. The van der Waals surface area contributed by atoms with Crippen LogP contribution in [0.25, 0.3) is 11.1 Å². The van der Waals surface area contributed by atoms with Gasteiger partial charge in [-0.1, -0.05) is 74.5 Å². The minimum absolute atomic E-state index is 0. The van der Waals surface area contributed by atoms with Crippen LogP contribution in [0, 0.1) is 12.2 Å². The van der Waals surface area contributed by atoms with E-state index < -0.39 is 0 Å². The second kappa shape index (κ2) is 15.5. The van der Waals surface area contributed by atoms with Crippen LogP contribution in [0.2, 0.25) is 0 Å². The number of halogens is 2. The first-order valence-corrected chi connectivity index (χ1v) is 10.9. The van der Waals surface area contributed by atoms with E-state index in [1.165, 1.54) is 36.6 Å². The molecule has 0 spiro atoms. The third-order valence-corrected chi connectivity index (χ3v) is 4.19. The van der Waals surface area contributed by atoms with Gasteiger partial charge in [-0.25, -0.2) is 23.3 Å². The zero-order chi connectivity index (χ0) is 20.4. The van der Waals surface area contributed by atoms with Gasteiger partial charge in [-0.05, 0) is 11.1 Å². The number of hydrogen-bond acceptors (Lipinski definition) is 0. The Labute approximate surface area is 210 Å². The van der Waals surface area contributed by atoms with Crippen LogP contribution in [0.3, 0.4) is 0 Å². The van der Waals surface area contributed by atoms with Crippen molar-refractivity contribution in [2.45, 2.75) is 40.5 Å². The molecule has 2 aromatic rings. The van der Waals surface area contributed by atoms with E-state index >= 15 is 0 Å². The third kappa shape index (κ3) is 10.7. The van der Waals surface area contributed by atoms with Crippen molar-refractivity contribution in [1.82, 2.24) is 0 Å². The molecule has 0 radical (unpaired) electrons. The van der Waals surface area contributed by atoms with Crippen molar-refractivity contribution in [3.05, 3.63) is 107 Å². The summed E-state index contributed by atoms with van der Waals surface area (Å²) in [4.78, 5) is 0. The quantitative estimate of drug-likeness (QED) is 0.529. The van der Waals surface area contributed by atoms with Crippen LogP contribution in [-0.2, 0) is 24.2 Å². The maximum atomic E-state index is 3.29. The Morgan fingerprint density at radius 2 is 0.967 bits per heavy atom. The van der Waals surface area contributed by atoms with Crippen LogP contribution >= 0.6 is 0 Å². The summed E-state index contributed by atoms with van der Waals surface area (Å²) >= 11 is 1.55. The van der Waals surface area contributed by atoms with Crippen LogP contribution in [0.4, 0.5) is 0 Å². The van der Waals surface area contributed by atoms with Crippen LogP contribution in [0.15, 0.2) is 84.0 Å². The summed E-state index contributed by atoms with van der Waals surface area (Å²) in [5.74, 6) is 0. The van der Waals surface area contributed by atoms with E-state index in [2.05, 4.69) is 101 Å². The predicted octanol–water partition coefficient (Wildman–Crippen LogP) is 1.20. The molecular weight excluding hydrogens is 486 g/mol. The van der Waals surface area contributed by atoms with E-state index in [1.807, 2.05) is 12.1 Å². The standard InChI is InChI=1S/2C12H11.C3H6.2ClH.Zr/c2*1-10-7-8-12(9-10)11-5-3-2-4-6-11;1-3-2;;;/h2*2-6,9H,8H2,1H3;1-2H3;2*1H;/q2*-1;;;;+2/p-2. The van der Waals surface area contributed by atoms with Gasteiger partial charge in [-0.3, -0.25) is 12.2 Å². The molecule has 0 bridgehead atoms. The Morgan fingerprint density at radius 3 is 1.20 bits per heavy atom. The van der Waals surface area contributed by atoms with Gasteiger partial charge in [0.15, 0.2) is 0 Å². The van der Waals surface area contributed by atoms with Crippen molar-refractivity contribution < 1.29 is 49.0 Å². The molecule has 0 saturated heterocycles. The Morgan fingerprint density at radius 1 is 0.667 bits per heavy atom. The molecule has 0 heterocycles. The molecule has 0 aromatic heterocycles. The van der Waals surface area contributed by atoms with Crippen molar-refractivity contribution in [3.63, 3.8) is 0 Å². The van der Waals surface area contributed by atoms with Gasteiger partial charge < -0.3 is 24.8 Å². The summed E-state index contributed by atoms with van der Waals surface area (Å²) in [6.45, 7) is 8.43. The fourth-order valence-electron chi connectivity index (χ4n) is 2.87. The molecule has 0 amide bonds. The maximum absolute atomic E-state index is 3.29. The summed E-state index contributed by atoms with van der Waals surface area (Å²) in [5.41, 5.74) is 7.92. The van der Waals surface area contributed by atoms with Gasteiger partial charge in [-0.2, -0.15) is 0 Å². The van der Waals surface area contributed by atoms with Gasteiger partial charge >= 0.3 is 41.3 Å². The van der Waals surface area contributed by atoms with E-state index in [-0.39, 0.29) is 24.8 Å². The van der Waals surface area contributed by atoms with Gasteiger partial charge in [0.25, 0.3) is 0 Å². The molecule has 0 aliphatic heterocycles. The second-order valence-corrected chi connectivity index (χ2v) is 9.60. The normalized spacial score (nSPS) is 13.5. The summed E-state index contributed by atoms with van der Waals surface area (Å²) in [5, 5.41) is 0. The average Bonchev–Trinajstić information content (AvgIpc) is 3.32. The molecule has 3 heteroatoms. The minimum atomic E-state index is 0. The zero-order valence-electron chi connectivity index (χ0n) is 18.1. The number of benzene rings is 2. The van der Waals surface area contributed by atoms with Crippen LogP contribution in [-0.4, -0.2) is 3.21 Å². The van der Waals surface area contributed by atoms with Crippen molar-refractivity contribution in [2.75, 3.05) is 0 Å². The molecule has 0 saturated carbocycles. The van der Waals surface area contributed by atoms with Crippen LogP contribution < -0.4 is 24.8 Å². The molecule has 4 rings (SSSR count). The Kier molecular flexibility index (Phi) is 14.9. The van der Waals surface area contributed by atoms with Crippen molar-refractivity contribution in [2.24, 2.45) is 0 Å². The summed E-state index contributed by atoms with van der Waals surface area (Å²) in [6, 6.07) is 21.0. The third-order valence-electron chi connectivity index (χ3n) is 4.19. The number of rotatable bonds is 2. The molecule has 0 unspecified atom stereocenters. The molecule has 0 N–H and O–H groups in total. The maximum Gasteiger partial charge on any atom is -1.00 e. The molecule has 0 nitrogen and oxygen atoms in total. The molecule has 0 fully saturated rings. The number of allylic oxidation sites excluding steroid dienone is 8. The van der Waals surface area contributed by atoms with Gasteiger partial charge in [0.1, 0.15) is 0 Å². The minimum Gasteiger partial charge on any atom is -1.00 e. The van der Waals surface area contributed by atoms with E-state index in [9.17, 15) is 0 Å². The smallest absolute Gasteiger partial charge is 1.00 e. The van der Waals surface area contributed by atoms with E-state index in [0.717, 1.165) is 12.8 Å². The van der Waals surface area contributed by atoms with Crippen LogP contribution in [0.5, 0.6) is 0 Å². The molecule has 30 heavy (non-hydrogen) atoms. The molecule has 2 aliphatic carbocycles. The monoisotopic (exact) mass is 512 g/mol. The summed E-state index contributed by atoms with van der Waals surface area (Å²) in [6.07, 6.45) is 12.9. The van der Waals surface area contributed by atoms with Gasteiger partial charge in [0.2, 0.25) is 0 Å². The topological polar surface area (TPSA) is 0 Å². The largest absolute Gasteiger partial charge is 1.00 e. The summed E-state index contributed by atoms with van der Waals surface area (Å²) < 4.78 is 1.51. The Bertz CT molecular complexity index is 829. The van der Waals surface area contributed by atoms with Gasteiger partial charge in [0.05, 0.1) is 0 Å². The zero-order valence-corrected chi connectivity index (χ0v) is 22.1. The van der Waals surface area contributed by atoms with Crippen molar-refractivity contribution >= 4 is 14.4 Å². The van der Waals surface area contributed by atoms with Gasteiger partial charge in [0, 0.05) is 0 Å². The van der Waals surface area contributed by atoms with Gasteiger partial charge in [-0.15, -0.1) is 24.0 Å². The summed E-state index contributed by atoms with van der Waals surface area (Å²) in [7, 11) is 0. The fourth-order valence-corrected chi connectivity index (χ4v) is 2.87. The van der Waals surface area contributed by atoms with E-state index in [1.54, 1.807) is 24.2 Å². The molecule has 2 aliphatic rings. The average molecular weight is 515 g/mol. The fraction of sp³-hybridized carbons (Fsp3) is 0.222. The van der Waals surface area contributed by atoms with E-state index in [4.69, 9.17) is 0 Å². The van der Waals surface area contributed by atoms with E-state index in [0.29, 0.717) is 0 Å². The van der Waals surface area contributed by atoms with Crippen LogP contribution in [0.1, 0.15) is 51.7 Å². The Balaban J connectivity index is 0.000000452. The first-order chi connectivity index (χ1) is 13.5. The molecule has 2 aromatic carbocycles. The molecule has 0 atom stereocenters. The molecular formula is C27H28Cl2Zr-2.